The van der Waals surface area contributed by atoms with Crippen molar-refractivity contribution >= 4 is 57.3 Å². The van der Waals surface area contributed by atoms with E-state index < -0.39 is 0 Å². The molecule has 2 N–H and O–H groups in total. The van der Waals surface area contributed by atoms with Gasteiger partial charge in [0.25, 0.3) is 5.91 Å². The number of phenolic OH excluding ortho intramolecular Hbond substituents is 1. The van der Waals surface area contributed by atoms with Crippen LogP contribution < -0.4 is 5.43 Å². The number of aromatic hydroxyl groups is 1. The molecule has 0 saturated heterocycles. The maximum absolute atomic E-state index is 11.8. The molecule has 1 amide bonds. The van der Waals surface area contributed by atoms with Crippen LogP contribution in [0, 0.1) is 14.1 Å². The lowest BCUT2D eigenvalue weighted by molar-refractivity contribution is 0.0955. The second kappa shape index (κ2) is 7.16. The molecule has 108 valence electrons. The van der Waals surface area contributed by atoms with Gasteiger partial charge >= 0.3 is 0 Å². The molecule has 21 heavy (non-hydrogen) atoms. The molecule has 0 bridgehead atoms. The molecule has 0 saturated carbocycles. The number of amides is 1. The molecular formula is C14H11I2N3O2. The summed E-state index contributed by atoms with van der Waals surface area (Å²) >= 11 is 4.08. The van der Waals surface area contributed by atoms with Crippen LogP contribution in [0.25, 0.3) is 0 Å². The standard InChI is InChI=1S/C14H11I2N3O2/c1-8-2-3-10(7-17-8)14(21)19-18-6-9-4-11(15)13(20)12(16)5-9/h2-7,20H,1H3,(H,19,21)/b18-6+. The summed E-state index contributed by atoms with van der Waals surface area (Å²) in [4.78, 5) is 15.9. The van der Waals surface area contributed by atoms with Crippen LogP contribution in [0.1, 0.15) is 21.6 Å². The van der Waals surface area contributed by atoms with Gasteiger partial charge in [0.05, 0.1) is 18.9 Å². The molecule has 5 nitrogen and oxygen atoms in total. The molecule has 0 unspecified atom stereocenters. The van der Waals surface area contributed by atoms with Crippen molar-refractivity contribution in [2.45, 2.75) is 6.92 Å². The van der Waals surface area contributed by atoms with Crippen LogP contribution in [0.15, 0.2) is 35.6 Å². The maximum Gasteiger partial charge on any atom is 0.272 e. The van der Waals surface area contributed by atoms with Gasteiger partial charge in [0.1, 0.15) is 5.75 Å². The number of nitrogens with one attached hydrogen (secondary N) is 1. The number of phenols is 1. The third-order valence-corrected chi connectivity index (χ3v) is 4.24. The Balaban J connectivity index is 2.05. The second-order valence-electron chi connectivity index (χ2n) is 4.22. The summed E-state index contributed by atoms with van der Waals surface area (Å²) in [6, 6.07) is 7.02. The van der Waals surface area contributed by atoms with Gasteiger partial charge in [-0.05, 0) is 81.9 Å². The average Bonchev–Trinajstić information content (AvgIpc) is 2.45. The smallest absolute Gasteiger partial charge is 0.272 e. The van der Waals surface area contributed by atoms with Gasteiger partial charge in [0.2, 0.25) is 0 Å². The molecule has 0 aliphatic heterocycles. The minimum Gasteiger partial charge on any atom is -0.506 e. The number of aromatic nitrogens is 1. The highest BCUT2D eigenvalue weighted by molar-refractivity contribution is 14.1. The molecule has 2 rings (SSSR count). The van der Waals surface area contributed by atoms with E-state index in [0.29, 0.717) is 5.56 Å². The Kier molecular flexibility index (Phi) is 5.51. The number of hydrogen-bond acceptors (Lipinski definition) is 4. The van der Waals surface area contributed by atoms with Crippen molar-refractivity contribution in [3.63, 3.8) is 0 Å². The van der Waals surface area contributed by atoms with E-state index in [1.54, 1.807) is 24.3 Å². The summed E-state index contributed by atoms with van der Waals surface area (Å²) in [5.41, 5.74) is 4.54. The predicted octanol–water partition coefficient (Wildman–Crippen LogP) is 3.07. The van der Waals surface area contributed by atoms with Crippen LogP contribution in [0.4, 0.5) is 0 Å². The highest BCUT2D eigenvalue weighted by Crippen LogP contribution is 2.26. The monoisotopic (exact) mass is 507 g/mol. The molecule has 0 fully saturated rings. The summed E-state index contributed by atoms with van der Waals surface area (Å²) < 4.78 is 1.46. The van der Waals surface area contributed by atoms with E-state index >= 15 is 0 Å². The van der Waals surface area contributed by atoms with Gasteiger partial charge in [0.15, 0.2) is 0 Å². The first-order chi connectivity index (χ1) is 9.97. The number of hydrogen-bond donors (Lipinski definition) is 2. The number of pyridine rings is 1. The van der Waals surface area contributed by atoms with Gasteiger partial charge in [0, 0.05) is 11.9 Å². The van der Waals surface area contributed by atoms with E-state index in [4.69, 9.17) is 0 Å². The number of rotatable bonds is 3. The number of nitrogens with zero attached hydrogens (tertiary/aromatic N) is 2. The van der Waals surface area contributed by atoms with Crippen LogP contribution in [-0.2, 0) is 0 Å². The first kappa shape index (κ1) is 16.1. The molecule has 0 radical (unpaired) electrons. The summed E-state index contributed by atoms with van der Waals surface area (Å²) in [6.07, 6.45) is 3.04. The van der Waals surface area contributed by atoms with Gasteiger partial charge in [-0.25, -0.2) is 5.43 Å². The Morgan fingerprint density at radius 3 is 2.57 bits per heavy atom. The summed E-state index contributed by atoms with van der Waals surface area (Å²) in [7, 11) is 0. The molecule has 1 heterocycles. The Morgan fingerprint density at radius 2 is 2.00 bits per heavy atom. The Morgan fingerprint density at radius 1 is 1.33 bits per heavy atom. The molecule has 0 spiro atoms. The van der Waals surface area contributed by atoms with E-state index in [1.165, 1.54) is 12.4 Å². The van der Waals surface area contributed by atoms with Crippen LogP contribution in [0.5, 0.6) is 5.75 Å². The lowest BCUT2D eigenvalue weighted by atomic mass is 10.2. The highest BCUT2D eigenvalue weighted by atomic mass is 127. The summed E-state index contributed by atoms with van der Waals surface area (Å²) in [5, 5.41) is 13.6. The van der Waals surface area contributed by atoms with Gasteiger partial charge in [-0.15, -0.1) is 0 Å². The SMILES string of the molecule is Cc1ccc(C(=O)N/N=C/c2cc(I)c(O)c(I)c2)cn1. The minimum absolute atomic E-state index is 0.253. The number of carbonyl (C=O) groups is 1. The molecule has 1 aromatic heterocycles. The summed E-state index contributed by atoms with van der Waals surface area (Å²) in [5.74, 6) is -0.0648. The molecule has 7 heteroatoms. The van der Waals surface area contributed by atoms with Gasteiger partial charge < -0.3 is 5.11 Å². The second-order valence-corrected chi connectivity index (χ2v) is 6.54. The molecular weight excluding hydrogens is 496 g/mol. The third kappa shape index (κ3) is 4.37. The van der Waals surface area contributed by atoms with Gasteiger partial charge in [-0.1, -0.05) is 0 Å². The first-order valence-corrected chi connectivity index (χ1v) is 8.07. The summed E-state index contributed by atoms with van der Waals surface area (Å²) in [6.45, 7) is 1.86. The van der Waals surface area contributed by atoms with Gasteiger partial charge in [-0.2, -0.15) is 5.10 Å². The highest BCUT2D eigenvalue weighted by Gasteiger charge is 2.05. The first-order valence-electron chi connectivity index (χ1n) is 5.91. The molecule has 1 aromatic carbocycles. The van der Waals surface area contributed by atoms with E-state index in [2.05, 4.69) is 15.5 Å². The minimum atomic E-state index is -0.318. The fourth-order valence-corrected chi connectivity index (χ4v) is 3.31. The average molecular weight is 507 g/mol. The van der Waals surface area contributed by atoms with Crippen LogP contribution >= 0.6 is 45.2 Å². The lowest BCUT2D eigenvalue weighted by Gasteiger charge is -2.02. The van der Waals surface area contributed by atoms with Crippen molar-refractivity contribution < 1.29 is 9.90 Å². The fraction of sp³-hybridized carbons (Fsp3) is 0.0714. The van der Waals surface area contributed by atoms with Crippen molar-refractivity contribution in [2.75, 3.05) is 0 Å². The Labute approximate surface area is 149 Å². The van der Waals surface area contributed by atoms with Crippen LogP contribution in [0.2, 0.25) is 0 Å². The van der Waals surface area contributed by atoms with Crippen molar-refractivity contribution in [1.82, 2.24) is 10.4 Å². The zero-order valence-electron chi connectivity index (χ0n) is 11.0. The quantitative estimate of drug-likeness (QED) is 0.382. The maximum atomic E-state index is 11.8. The van der Waals surface area contributed by atoms with E-state index in [-0.39, 0.29) is 11.7 Å². The number of carbonyl (C=O) groups excluding carboxylic acids is 1. The number of halogens is 2. The molecule has 0 aliphatic carbocycles. The fourth-order valence-electron chi connectivity index (χ4n) is 1.49. The van der Waals surface area contributed by atoms with Crippen molar-refractivity contribution in [1.29, 1.82) is 0 Å². The van der Waals surface area contributed by atoms with Crippen LogP contribution in [-0.4, -0.2) is 22.2 Å². The van der Waals surface area contributed by atoms with Crippen molar-refractivity contribution in [2.24, 2.45) is 5.10 Å². The topological polar surface area (TPSA) is 74.6 Å². The van der Waals surface area contributed by atoms with E-state index in [9.17, 15) is 9.90 Å². The number of hydrazone groups is 1. The normalized spacial score (nSPS) is 10.8. The van der Waals surface area contributed by atoms with Gasteiger partial charge in [-0.3, -0.25) is 9.78 Å². The van der Waals surface area contributed by atoms with Crippen molar-refractivity contribution in [3.05, 3.63) is 54.4 Å². The lowest BCUT2D eigenvalue weighted by Crippen LogP contribution is -2.17. The Bertz CT molecular complexity index is 677. The number of aryl methyl sites for hydroxylation is 1. The predicted molar refractivity (Wildman–Crippen MR) is 97.6 cm³/mol. The zero-order chi connectivity index (χ0) is 15.4. The Hall–Kier alpha value is -1.23. The zero-order valence-corrected chi connectivity index (χ0v) is 15.3. The molecule has 2 aromatic rings. The largest absolute Gasteiger partial charge is 0.506 e. The third-order valence-electron chi connectivity index (χ3n) is 2.59. The number of benzene rings is 1. The molecule has 0 aliphatic rings. The molecule has 0 atom stereocenters. The van der Waals surface area contributed by atoms with E-state index in [1.807, 2.05) is 52.1 Å². The van der Waals surface area contributed by atoms with Crippen LogP contribution in [0.3, 0.4) is 0 Å². The van der Waals surface area contributed by atoms with E-state index in [0.717, 1.165) is 18.4 Å². The van der Waals surface area contributed by atoms with Crippen molar-refractivity contribution in [3.8, 4) is 5.75 Å².